The number of carbonyl (C=O) groups is 1. The Morgan fingerprint density at radius 1 is 1.38 bits per heavy atom. The third-order valence-corrected chi connectivity index (χ3v) is 4.82. The highest BCUT2D eigenvalue weighted by atomic mass is 35.5. The van der Waals surface area contributed by atoms with Crippen LogP contribution in [0.2, 0.25) is 10.0 Å². The van der Waals surface area contributed by atoms with E-state index in [9.17, 15) is 4.79 Å². The van der Waals surface area contributed by atoms with E-state index in [1.54, 1.807) is 36.0 Å². The molecular weight excluding hydrogens is 349 g/mol. The molecule has 1 heterocycles. The highest BCUT2D eigenvalue weighted by Gasteiger charge is 2.07. The Bertz CT molecular complexity index is 653. The Balaban J connectivity index is 2.02. The zero-order chi connectivity index (χ0) is 15.2. The first kappa shape index (κ1) is 16.3. The third kappa shape index (κ3) is 4.71. The van der Waals surface area contributed by atoms with Gasteiger partial charge >= 0.3 is 0 Å². The first-order valence-corrected chi connectivity index (χ1v) is 8.55. The van der Waals surface area contributed by atoms with Gasteiger partial charge < -0.3 is 0 Å². The van der Waals surface area contributed by atoms with Gasteiger partial charge in [-0.2, -0.15) is 0 Å². The number of halogens is 2. The molecule has 0 saturated heterocycles. The van der Waals surface area contributed by atoms with Crippen molar-refractivity contribution in [3.05, 3.63) is 39.9 Å². The minimum absolute atomic E-state index is 0.310. The predicted octanol–water partition coefficient (Wildman–Crippen LogP) is 4.61. The quantitative estimate of drug-likeness (QED) is 0.481. The fraction of sp³-hybridized carbons (Fsp3) is 0.154. The molecule has 0 unspecified atom stereocenters. The summed E-state index contributed by atoms with van der Waals surface area (Å²) in [5, 5.41) is 11.9. The van der Waals surface area contributed by atoms with Crippen LogP contribution in [0, 0.1) is 0 Å². The van der Waals surface area contributed by atoms with E-state index in [-0.39, 0.29) is 5.91 Å². The summed E-state index contributed by atoms with van der Waals surface area (Å²) >= 11 is 15.0. The molecule has 0 saturated carbocycles. The SMILES string of the molecule is CCSc1nnc(NC(=O)C=Cc2c(Cl)cccc2Cl)s1. The van der Waals surface area contributed by atoms with Crippen LogP contribution >= 0.6 is 46.3 Å². The molecule has 0 aliphatic heterocycles. The normalized spacial score (nSPS) is 11.0. The van der Waals surface area contributed by atoms with Crippen LogP contribution in [-0.2, 0) is 4.79 Å². The van der Waals surface area contributed by atoms with Gasteiger partial charge in [0.25, 0.3) is 0 Å². The van der Waals surface area contributed by atoms with E-state index in [0.29, 0.717) is 20.7 Å². The smallest absolute Gasteiger partial charge is 0.250 e. The number of carbonyl (C=O) groups excluding carboxylic acids is 1. The van der Waals surface area contributed by atoms with E-state index in [1.165, 1.54) is 17.4 Å². The molecule has 0 atom stereocenters. The highest BCUT2D eigenvalue weighted by molar-refractivity contribution is 8.01. The van der Waals surface area contributed by atoms with E-state index in [1.807, 2.05) is 6.92 Å². The summed E-state index contributed by atoms with van der Waals surface area (Å²) in [5.41, 5.74) is 0.607. The minimum atomic E-state index is -0.310. The number of nitrogens with zero attached hydrogens (tertiary/aromatic N) is 2. The second kappa shape index (κ2) is 7.79. The van der Waals surface area contributed by atoms with Crippen molar-refractivity contribution in [3.8, 4) is 0 Å². The van der Waals surface area contributed by atoms with Gasteiger partial charge in [0.2, 0.25) is 11.0 Å². The van der Waals surface area contributed by atoms with Crippen LogP contribution in [0.5, 0.6) is 0 Å². The monoisotopic (exact) mass is 359 g/mol. The number of anilines is 1. The fourth-order valence-corrected chi connectivity index (χ4v) is 3.59. The van der Waals surface area contributed by atoms with E-state index in [4.69, 9.17) is 23.2 Å². The van der Waals surface area contributed by atoms with Crippen LogP contribution in [0.15, 0.2) is 28.6 Å². The molecule has 1 aromatic carbocycles. The number of benzene rings is 1. The zero-order valence-corrected chi connectivity index (χ0v) is 14.1. The number of hydrogen-bond donors (Lipinski definition) is 1. The van der Waals surface area contributed by atoms with Crippen LogP contribution in [0.3, 0.4) is 0 Å². The largest absolute Gasteiger partial charge is 0.297 e. The van der Waals surface area contributed by atoms with Crippen LogP contribution in [-0.4, -0.2) is 21.9 Å². The molecule has 0 fully saturated rings. The highest BCUT2D eigenvalue weighted by Crippen LogP contribution is 2.26. The van der Waals surface area contributed by atoms with Crippen LogP contribution < -0.4 is 5.32 Å². The number of aromatic nitrogens is 2. The molecule has 21 heavy (non-hydrogen) atoms. The lowest BCUT2D eigenvalue weighted by Crippen LogP contribution is -2.07. The Labute approximate surface area is 140 Å². The van der Waals surface area contributed by atoms with E-state index >= 15 is 0 Å². The topological polar surface area (TPSA) is 54.9 Å². The first-order chi connectivity index (χ1) is 10.1. The molecular formula is C13H11Cl2N3OS2. The summed E-state index contributed by atoms with van der Waals surface area (Å²) in [6, 6.07) is 5.17. The van der Waals surface area contributed by atoms with Crippen molar-refractivity contribution in [2.24, 2.45) is 0 Å². The van der Waals surface area contributed by atoms with E-state index in [2.05, 4.69) is 15.5 Å². The van der Waals surface area contributed by atoms with Gasteiger partial charge in [-0.15, -0.1) is 10.2 Å². The van der Waals surface area contributed by atoms with Crippen molar-refractivity contribution in [1.29, 1.82) is 0 Å². The number of hydrogen-bond acceptors (Lipinski definition) is 5. The molecule has 110 valence electrons. The maximum absolute atomic E-state index is 11.8. The molecule has 0 aliphatic carbocycles. The van der Waals surface area contributed by atoms with Crippen LogP contribution in [0.25, 0.3) is 6.08 Å². The summed E-state index contributed by atoms with van der Waals surface area (Å²) in [5.74, 6) is 0.600. The van der Waals surface area contributed by atoms with Gasteiger partial charge in [0, 0.05) is 21.7 Å². The van der Waals surface area contributed by atoms with Gasteiger partial charge in [0.05, 0.1) is 0 Å². The molecule has 2 aromatic rings. The second-order valence-corrected chi connectivity index (χ2v) is 7.07. The first-order valence-electron chi connectivity index (χ1n) is 5.99. The van der Waals surface area contributed by atoms with Gasteiger partial charge in [-0.1, -0.05) is 59.3 Å². The molecule has 2 rings (SSSR count). The van der Waals surface area contributed by atoms with Crippen molar-refractivity contribution >= 4 is 63.4 Å². The minimum Gasteiger partial charge on any atom is -0.297 e. The van der Waals surface area contributed by atoms with Crippen molar-refractivity contribution < 1.29 is 4.79 Å². The van der Waals surface area contributed by atoms with E-state index < -0.39 is 0 Å². The number of amides is 1. The Morgan fingerprint density at radius 3 is 2.76 bits per heavy atom. The standard InChI is InChI=1S/C13H11Cl2N3OS2/c1-2-20-13-18-17-12(21-13)16-11(19)7-6-8-9(14)4-3-5-10(8)15/h3-7H,2H2,1H3,(H,16,17,19). The summed E-state index contributed by atoms with van der Waals surface area (Å²) < 4.78 is 0.825. The van der Waals surface area contributed by atoms with Gasteiger partial charge in [-0.3, -0.25) is 10.1 Å². The maximum Gasteiger partial charge on any atom is 0.250 e. The molecule has 0 aliphatic rings. The summed E-state index contributed by atoms with van der Waals surface area (Å²) in [6.45, 7) is 2.03. The fourth-order valence-electron chi connectivity index (χ4n) is 1.42. The average molecular weight is 360 g/mol. The van der Waals surface area contributed by atoms with Crippen molar-refractivity contribution in [2.45, 2.75) is 11.3 Å². The molecule has 0 bridgehead atoms. The Kier molecular flexibility index (Phi) is 6.05. The second-order valence-electron chi connectivity index (χ2n) is 3.76. The average Bonchev–Trinajstić information content (AvgIpc) is 2.86. The van der Waals surface area contributed by atoms with E-state index in [0.717, 1.165) is 10.1 Å². The van der Waals surface area contributed by atoms with Crippen LogP contribution in [0.1, 0.15) is 12.5 Å². The predicted molar refractivity (Wildman–Crippen MR) is 90.4 cm³/mol. The maximum atomic E-state index is 11.8. The Hall–Kier alpha value is -1.08. The third-order valence-electron chi connectivity index (χ3n) is 2.31. The molecule has 0 spiro atoms. The van der Waals surface area contributed by atoms with Crippen molar-refractivity contribution in [2.75, 3.05) is 11.1 Å². The lowest BCUT2D eigenvalue weighted by molar-refractivity contribution is -0.111. The number of rotatable bonds is 5. The number of nitrogens with one attached hydrogen (secondary N) is 1. The van der Waals surface area contributed by atoms with Gasteiger partial charge in [-0.05, 0) is 24.0 Å². The van der Waals surface area contributed by atoms with Gasteiger partial charge in [0.15, 0.2) is 4.34 Å². The molecule has 1 aromatic heterocycles. The lowest BCUT2D eigenvalue weighted by Gasteiger charge is -2.00. The molecule has 0 radical (unpaired) electrons. The molecule has 1 N–H and O–H groups in total. The zero-order valence-electron chi connectivity index (χ0n) is 11.0. The Morgan fingerprint density at radius 2 is 2.10 bits per heavy atom. The summed E-state index contributed by atoms with van der Waals surface area (Å²) in [7, 11) is 0. The summed E-state index contributed by atoms with van der Waals surface area (Å²) in [4.78, 5) is 11.8. The van der Waals surface area contributed by atoms with Crippen molar-refractivity contribution in [1.82, 2.24) is 10.2 Å². The van der Waals surface area contributed by atoms with Gasteiger partial charge in [-0.25, -0.2) is 0 Å². The summed E-state index contributed by atoms with van der Waals surface area (Å²) in [6.07, 6.45) is 2.93. The molecule has 1 amide bonds. The molecule has 8 heteroatoms. The molecule has 4 nitrogen and oxygen atoms in total. The number of thioether (sulfide) groups is 1. The van der Waals surface area contributed by atoms with Crippen molar-refractivity contribution in [3.63, 3.8) is 0 Å². The van der Waals surface area contributed by atoms with Gasteiger partial charge in [0.1, 0.15) is 0 Å². The lowest BCUT2D eigenvalue weighted by atomic mass is 10.2. The van der Waals surface area contributed by atoms with Crippen LogP contribution in [0.4, 0.5) is 5.13 Å².